The van der Waals surface area contributed by atoms with Crippen LogP contribution < -0.4 is 9.62 Å². The molecule has 0 spiro atoms. The van der Waals surface area contributed by atoms with Gasteiger partial charge in [-0.3, -0.25) is 13.9 Å². The van der Waals surface area contributed by atoms with E-state index in [1.165, 1.54) is 29.2 Å². The average Bonchev–Trinajstić information content (AvgIpc) is 3.02. The molecule has 0 aromatic heterocycles. The molecular formula is C36H39Cl2N3O4S. The Kier molecular flexibility index (Phi) is 11.9. The van der Waals surface area contributed by atoms with Crippen molar-refractivity contribution in [2.24, 2.45) is 5.92 Å². The molecule has 7 nitrogen and oxygen atoms in total. The van der Waals surface area contributed by atoms with Gasteiger partial charge in [-0.05, 0) is 90.6 Å². The van der Waals surface area contributed by atoms with Crippen molar-refractivity contribution in [1.29, 1.82) is 0 Å². The Balaban J connectivity index is 1.82. The molecule has 242 valence electrons. The number of nitrogens with one attached hydrogen (secondary N) is 1. The predicted molar refractivity (Wildman–Crippen MR) is 186 cm³/mol. The zero-order chi connectivity index (χ0) is 33.4. The molecule has 0 bridgehead atoms. The summed E-state index contributed by atoms with van der Waals surface area (Å²) in [6.45, 7) is 7.70. The van der Waals surface area contributed by atoms with Gasteiger partial charge in [0, 0.05) is 29.6 Å². The van der Waals surface area contributed by atoms with Gasteiger partial charge < -0.3 is 10.2 Å². The first-order valence-corrected chi connectivity index (χ1v) is 17.3. The Morgan fingerprint density at radius 1 is 0.783 bits per heavy atom. The molecule has 0 radical (unpaired) electrons. The van der Waals surface area contributed by atoms with Gasteiger partial charge in [-0.1, -0.05) is 85.6 Å². The lowest BCUT2D eigenvalue weighted by atomic mass is 10.0. The van der Waals surface area contributed by atoms with Crippen LogP contribution in [0.25, 0.3) is 0 Å². The number of anilines is 1. The van der Waals surface area contributed by atoms with E-state index in [9.17, 15) is 18.0 Å². The summed E-state index contributed by atoms with van der Waals surface area (Å²) in [5.74, 6) is -0.689. The van der Waals surface area contributed by atoms with Crippen molar-refractivity contribution in [3.05, 3.63) is 129 Å². The van der Waals surface area contributed by atoms with Gasteiger partial charge in [-0.15, -0.1) is 0 Å². The van der Waals surface area contributed by atoms with Crippen LogP contribution in [0, 0.1) is 19.8 Å². The second-order valence-corrected chi connectivity index (χ2v) is 14.5. The molecule has 46 heavy (non-hydrogen) atoms. The molecule has 0 fully saturated rings. The van der Waals surface area contributed by atoms with Crippen molar-refractivity contribution >= 4 is 50.7 Å². The van der Waals surface area contributed by atoms with E-state index < -0.39 is 28.5 Å². The van der Waals surface area contributed by atoms with Crippen molar-refractivity contribution in [1.82, 2.24) is 10.2 Å². The molecular weight excluding hydrogens is 641 g/mol. The summed E-state index contributed by atoms with van der Waals surface area (Å²) in [5, 5.41) is 3.86. The maximum absolute atomic E-state index is 14.6. The smallest absolute Gasteiger partial charge is 0.264 e. The maximum Gasteiger partial charge on any atom is 0.264 e. The van der Waals surface area contributed by atoms with Gasteiger partial charge in [0.25, 0.3) is 10.0 Å². The fourth-order valence-electron chi connectivity index (χ4n) is 4.95. The van der Waals surface area contributed by atoms with Crippen LogP contribution in [0.2, 0.25) is 10.0 Å². The minimum absolute atomic E-state index is 0.0140. The Hall–Kier alpha value is -3.85. The van der Waals surface area contributed by atoms with Gasteiger partial charge in [0.1, 0.15) is 12.6 Å². The van der Waals surface area contributed by atoms with Crippen LogP contribution in [0.3, 0.4) is 0 Å². The van der Waals surface area contributed by atoms with Crippen LogP contribution in [0.5, 0.6) is 0 Å². The summed E-state index contributed by atoms with van der Waals surface area (Å²) >= 11 is 12.4. The van der Waals surface area contributed by atoms with E-state index in [1.54, 1.807) is 30.3 Å². The van der Waals surface area contributed by atoms with E-state index in [-0.39, 0.29) is 29.7 Å². The maximum atomic E-state index is 14.6. The molecule has 2 amide bonds. The lowest BCUT2D eigenvalue weighted by Crippen LogP contribution is -2.53. The molecule has 0 aliphatic rings. The van der Waals surface area contributed by atoms with E-state index in [1.807, 2.05) is 70.2 Å². The Morgan fingerprint density at radius 2 is 1.46 bits per heavy atom. The minimum atomic E-state index is -4.23. The van der Waals surface area contributed by atoms with E-state index >= 15 is 0 Å². The zero-order valence-corrected chi connectivity index (χ0v) is 28.7. The number of sulfonamides is 1. The molecule has 4 aromatic carbocycles. The molecule has 4 aromatic rings. The van der Waals surface area contributed by atoms with Crippen molar-refractivity contribution in [2.75, 3.05) is 17.4 Å². The highest BCUT2D eigenvalue weighted by Gasteiger charge is 2.34. The number of nitrogens with zero attached hydrogens (tertiary/aromatic N) is 2. The van der Waals surface area contributed by atoms with Crippen molar-refractivity contribution in [2.45, 2.75) is 51.6 Å². The highest BCUT2D eigenvalue weighted by Crippen LogP contribution is 2.28. The normalized spacial score (nSPS) is 12.1. The number of rotatable bonds is 13. The van der Waals surface area contributed by atoms with E-state index in [0.29, 0.717) is 27.8 Å². The first-order valence-electron chi connectivity index (χ1n) is 15.1. The first kappa shape index (κ1) is 35.0. The third kappa shape index (κ3) is 9.12. The molecule has 0 unspecified atom stereocenters. The number of amides is 2. The largest absolute Gasteiger partial charge is 0.354 e. The summed E-state index contributed by atoms with van der Waals surface area (Å²) < 4.78 is 29.5. The molecule has 0 saturated heterocycles. The first-order chi connectivity index (χ1) is 21.8. The number of aryl methyl sites for hydroxylation is 2. The second kappa shape index (κ2) is 15.6. The molecule has 0 saturated carbocycles. The highest BCUT2D eigenvalue weighted by atomic mass is 35.5. The quantitative estimate of drug-likeness (QED) is 0.162. The predicted octanol–water partition coefficient (Wildman–Crippen LogP) is 7.22. The summed E-state index contributed by atoms with van der Waals surface area (Å²) in [6, 6.07) is 26.6. The number of halogens is 2. The monoisotopic (exact) mass is 679 g/mol. The fourth-order valence-corrected chi connectivity index (χ4v) is 6.70. The van der Waals surface area contributed by atoms with Crippen LogP contribution in [0.1, 0.15) is 36.1 Å². The molecule has 0 aliphatic heterocycles. The second-order valence-electron chi connectivity index (χ2n) is 11.7. The lowest BCUT2D eigenvalue weighted by Gasteiger charge is -2.34. The zero-order valence-electron chi connectivity index (χ0n) is 26.4. The summed E-state index contributed by atoms with van der Waals surface area (Å²) in [6.07, 6.45) is 0.227. The molecule has 0 aliphatic carbocycles. The highest BCUT2D eigenvalue weighted by molar-refractivity contribution is 7.92. The van der Waals surface area contributed by atoms with Gasteiger partial charge in [-0.2, -0.15) is 0 Å². The van der Waals surface area contributed by atoms with Crippen LogP contribution in [0.4, 0.5) is 5.69 Å². The summed E-state index contributed by atoms with van der Waals surface area (Å²) in [5.41, 5.74) is 3.74. The third-order valence-corrected chi connectivity index (χ3v) is 9.93. The van der Waals surface area contributed by atoms with E-state index in [4.69, 9.17) is 23.2 Å². The summed E-state index contributed by atoms with van der Waals surface area (Å²) in [4.78, 5) is 29.9. The third-order valence-electron chi connectivity index (χ3n) is 7.66. The Labute approximate surface area is 282 Å². The summed E-state index contributed by atoms with van der Waals surface area (Å²) in [7, 11) is -4.23. The van der Waals surface area contributed by atoms with Gasteiger partial charge in [-0.25, -0.2) is 8.42 Å². The topological polar surface area (TPSA) is 86.8 Å². The van der Waals surface area contributed by atoms with Gasteiger partial charge in [0.05, 0.1) is 10.6 Å². The lowest BCUT2D eigenvalue weighted by molar-refractivity contribution is -0.140. The van der Waals surface area contributed by atoms with Crippen LogP contribution in [0.15, 0.2) is 102 Å². The fraction of sp³-hybridized carbons (Fsp3) is 0.278. The molecule has 4 rings (SSSR count). The SMILES string of the molecule is Cc1ccc(N(CC(=O)N(Cc2cccc(Cl)c2)[C@@H](Cc2ccccc2)C(=O)NCC(C)C)S(=O)(=O)c2ccc(Cl)cc2)cc1C. The Morgan fingerprint density at radius 3 is 2.09 bits per heavy atom. The van der Waals surface area contributed by atoms with Crippen LogP contribution in [-0.2, 0) is 32.6 Å². The molecule has 1 atom stereocenters. The van der Waals surface area contributed by atoms with Crippen molar-refractivity contribution in [3.8, 4) is 0 Å². The van der Waals surface area contributed by atoms with Gasteiger partial charge in [0.15, 0.2) is 0 Å². The van der Waals surface area contributed by atoms with Gasteiger partial charge in [0.2, 0.25) is 11.8 Å². The Bertz CT molecular complexity index is 1760. The standard InChI is InChI=1S/C36H39Cl2N3O4S/c1-25(2)22-39-36(43)34(21-28-9-6-5-7-10-28)40(23-29-11-8-12-31(38)20-29)35(42)24-41(32-16-13-26(3)27(4)19-32)46(44,45)33-17-14-30(37)15-18-33/h5-20,25,34H,21-24H2,1-4H3,(H,39,43)/t34-/m0/s1. The number of hydrogen-bond acceptors (Lipinski definition) is 4. The molecule has 10 heteroatoms. The van der Waals surface area contributed by atoms with Crippen molar-refractivity contribution < 1.29 is 18.0 Å². The van der Waals surface area contributed by atoms with E-state index in [2.05, 4.69) is 5.32 Å². The van der Waals surface area contributed by atoms with Crippen molar-refractivity contribution in [3.63, 3.8) is 0 Å². The number of carbonyl (C=O) groups excluding carboxylic acids is 2. The number of hydrogen-bond donors (Lipinski definition) is 1. The number of carbonyl (C=O) groups is 2. The van der Waals surface area contributed by atoms with Crippen LogP contribution >= 0.6 is 23.2 Å². The van der Waals surface area contributed by atoms with E-state index in [0.717, 1.165) is 21.0 Å². The van der Waals surface area contributed by atoms with Gasteiger partial charge >= 0.3 is 0 Å². The molecule has 0 heterocycles. The molecule has 1 N–H and O–H groups in total. The van der Waals surface area contributed by atoms with Crippen LogP contribution in [-0.4, -0.2) is 44.3 Å². The number of benzene rings is 4. The average molecular weight is 681 g/mol. The minimum Gasteiger partial charge on any atom is -0.354 e.